The average Bonchev–Trinajstić information content (AvgIpc) is 2.70. The lowest BCUT2D eigenvalue weighted by atomic mass is 10.1. The molecule has 28 heavy (non-hydrogen) atoms. The first-order valence-electron chi connectivity index (χ1n) is 9.83. The van der Waals surface area contributed by atoms with E-state index in [9.17, 15) is 9.59 Å². The molecule has 0 unspecified atom stereocenters. The van der Waals surface area contributed by atoms with E-state index in [0.29, 0.717) is 6.61 Å². The minimum absolute atomic E-state index is 0.0723. The van der Waals surface area contributed by atoms with Crippen LogP contribution >= 0.6 is 0 Å². The van der Waals surface area contributed by atoms with Crippen molar-refractivity contribution in [2.24, 2.45) is 0 Å². The minimum Gasteiger partial charge on any atom is -0.494 e. The molecule has 1 fully saturated rings. The zero-order valence-corrected chi connectivity index (χ0v) is 16.9. The molecule has 0 amide bonds. The van der Waals surface area contributed by atoms with Crippen LogP contribution in [-0.4, -0.2) is 49.3 Å². The van der Waals surface area contributed by atoms with Crippen LogP contribution in [0.25, 0.3) is 0 Å². The first-order chi connectivity index (χ1) is 13.5. The Hall–Kier alpha value is -2.66. The normalized spacial score (nSPS) is 14.8. The first-order valence-corrected chi connectivity index (χ1v) is 9.83. The number of hydrogen-bond donors (Lipinski definition) is 0. The molecule has 2 aromatic carbocycles. The Balaban J connectivity index is 1.64. The summed E-state index contributed by atoms with van der Waals surface area (Å²) in [4.78, 5) is 27.9. The quantitative estimate of drug-likeness (QED) is 0.684. The number of ether oxygens (including phenoxy) is 1. The number of anilines is 1. The van der Waals surface area contributed by atoms with E-state index in [1.54, 1.807) is 13.8 Å². The second-order valence-corrected chi connectivity index (χ2v) is 7.18. The number of carbonyl (C=O) groups excluding carboxylic acids is 2. The molecule has 5 nitrogen and oxygen atoms in total. The zero-order valence-electron chi connectivity index (χ0n) is 16.9. The standard InChI is InChI=1S/C23H28N2O3/c1-4-28-23-10-7-20(18(3)27)15-21(23)16-24-11-13-25(14-12-24)22-8-5-19(6-9-22)17(2)26/h5-10,15H,4,11-14,16H2,1-3H3. The van der Waals surface area contributed by atoms with Gasteiger partial charge >= 0.3 is 0 Å². The van der Waals surface area contributed by atoms with E-state index < -0.39 is 0 Å². The fourth-order valence-electron chi connectivity index (χ4n) is 3.53. The summed E-state index contributed by atoms with van der Waals surface area (Å²) < 4.78 is 5.76. The van der Waals surface area contributed by atoms with Crippen molar-refractivity contribution in [2.45, 2.75) is 27.3 Å². The van der Waals surface area contributed by atoms with Gasteiger partial charge in [0.2, 0.25) is 0 Å². The van der Waals surface area contributed by atoms with E-state index in [2.05, 4.69) is 9.80 Å². The van der Waals surface area contributed by atoms with Crippen LogP contribution in [0.1, 0.15) is 47.1 Å². The van der Waals surface area contributed by atoms with E-state index in [4.69, 9.17) is 4.74 Å². The number of carbonyl (C=O) groups is 2. The second kappa shape index (κ2) is 9.02. The van der Waals surface area contributed by atoms with Crippen molar-refractivity contribution in [3.05, 3.63) is 59.2 Å². The maximum absolute atomic E-state index is 11.7. The molecule has 0 bridgehead atoms. The smallest absolute Gasteiger partial charge is 0.159 e. The lowest BCUT2D eigenvalue weighted by molar-refractivity contribution is 0.100. The first kappa shape index (κ1) is 20.1. The largest absolute Gasteiger partial charge is 0.494 e. The Labute approximate surface area is 166 Å². The lowest BCUT2D eigenvalue weighted by Gasteiger charge is -2.36. The zero-order chi connectivity index (χ0) is 20.1. The van der Waals surface area contributed by atoms with Crippen LogP contribution in [0.3, 0.4) is 0 Å². The van der Waals surface area contributed by atoms with Crippen molar-refractivity contribution in [3.8, 4) is 5.75 Å². The van der Waals surface area contributed by atoms with Crippen molar-refractivity contribution < 1.29 is 14.3 Å². The monoisotopic (exact) mass is 380 g/mol. The van der Waals surface area contributed by atoms with Gasteiger partial charge in [-0.1, -0.05) is 0 Å². The number of hydrogen-bond acceptors (Lipinski definition) is 5. The molecule has 2 aromatic rings. The molecule has 0 spiro atoms. The number of rotatable bonds is 7. The summed E-state index contributed by atoms with van der Waals surface area (Å²) in [6.07, 6.45) is 0. The maximum atomic E-state index is 11.7. The van der Waals surface area contributed by atoms with Gasteiger partial charge in [-0.25, -0.2) is 0 Å². The van der Waals surface area contributed by atoms with Gasteiger partial charge in [-0.2, -0.15) is 0 Å². The molecule has 1 aliphatic heterocycles. The third kappa shape index (κ3) is 4.78. The highest BCUT2D eigenvalue weighted by atomic mass is 16.5. The van der Waals surface area contributed by atoms with Gasteiger partial charge in [-0.3, -0.25) is 14.5 Å². The van der Waals surface area contributed by atoms with Crippen molar-refractivity contribution in [2.75, 3.05) is 37.7 Å². The maximum Gasteiger partial charge on any atom is 0.159 e. The highest BCUT2D eigenvalue weighted by Gasteiger charge is 2.19. The van der Waals surface area contributed by atoms with Crippen molar-refractivity contribution >= 4 is 17.3 Å². The molecule has 0 atom stereocenters. The van der Waals surface area contributed by atoms with Crippen LogP contribution in [0.2, 0.25) is 0 Å². The molecule has 1 saturated heterocycles. The van der Waals surface area contributed by atoms with Gasteiger partial charge in [0.25, 0.3) is 0 Å². The lowest BCUT2D eigenvalue weighted by Crippen LogP contribution is -2.46. The molecule has 1 aliphatic rings. The molecule has 0 N–H and O–H groups in total. The van der Waals surface area contributed by atoms with Gasteiger partial charge in [0.05, 0.1) is 6.61 Å². The molecule has 0 aliphatic carbocycles. The van der Waals surface area contributed by atoms with Crippen molar-refractivity contribution in [1.29, 1.82) is 0 Å². The van der Waals surface area contributed by atoms with Crippen LogP contribution < -0.4 is 9.64 Å². The summed E-state index contributed by atoms with van der Waals surface area (Å²) >= 11 is 0. The molecule has 148 valence electrons. The topological polar surface area (TPSA) is 49.9 Å². The van der Waals surface area contributed by atoms with E-state index in [1.807, 2.05) is 49.4 Å². The summed E-state index contributed by atoms with van der Waals surface area (Å²) in [5, 5.41) is 0. The van der Waals surface area contributed by atoms with Crippen LogP contribution in [-0.2, 0) is 6.54 Å². The average molecular weight is 380 g/mol. The summed E-state index contributed by atoms with van der Waals surface area (Å²) in [5.41, 5.74) is 3.69. The molecule has 0 aromatic heterocycles. The molecule has 1 heterocycles. The van der Waals surface area contributed by atoms with E-state index >= 15 is 0 Å². The fraction of sp³-hybridized carbons (Fsp3) is 0.391. The van der Waals surface area contributed by atoms with Crippen molar-refractivity contribution in [3.63, 3.8) is 0 Å². The Morgan fingerprint density at radius 2 is 1.50 bits per heavy atom. The summed E-state index contributed by atoms with van der Waals surface area (Å²) in [6, 6.07) is 13.5. The molecule has 3 rings (SSSR count). The second-order valence-electron chi connectivity index (χ2n) is 7.18. The Morgan fingerprint density at radius 3 is 2.07 bits per heavy atom. The third-order valence-corrected chi connectivity index (χ3v) is 5.17. The molecule has 5 heteroatoms. The Morgan fingerprint density at radius 1 is 0.893 bits per heavy atom. The van der Waals surface area contributed by atoms with Gasteiger partial charge in [0.15, 0.2) is 11.6 Å². The number of Topliss-reactive ketones (excluding diaryl/α,β-unsaturated/α-hetero) is 2. The van der Waals surface area contributed by atoms with E-state index in [1.165, 1.54) is 0 Å². The number of benzene rings is 2. The van der Waals surface area contributed by atoms with Gasteiger partial charge in [-0.15, -0.1) is 0 Å². The highest BCUT2D eigenvalue weighted by molar-refractivity contribution is 5.94. The summed E-state index contributed by atoms with van der Waals surface area (Å²) in [7, 11) is 0. The van der Waals surface area contributed by atoms with Crippen LogP contribution in [0, 0.1) is 0 Å². The number of ketones is 2. The van der Waals surface area contributed by atoms with Gasteiger partial charge < -0.3 is 9.64 Å². The molecule has 0 radical (unpaired) electrons. The SMILES string of the molecule is CCOc1ccc(C(C)=O)cc1CN1CCN(c2ccc(C(C)=O)cc2)CC1. The third-order valence-electron chi connectivity index (χ3n) is 5.17. The Bertz CT molecular complexity index is 837. The fourth-order valence-corrected chi connectivity index (χ4v) is 3.53. The minimum atomic E-state index is 0.0723. The predicted octanol–water partition coefficient (Wildman–Crippen LogP) is 3.81. The van der Waals surface area contributed by atoms with Crippen molar-refractivity contribution in [1.82, 2.24) is 4.90 Å². The summed E-state index contributed by atoms with van der Waals surface area (Å²) in [5.74, 6) is 1.02. The molecular weight excluding hydrogens is 352 g/mol. The van der Waals surface area contributed by atoms with E-state index in [-0.39, 0.29) is 11.6 Å². The van der Waals surface area contributed by atoms with Gasteiger partial charge in [0, 0.05) is 55.1 Å². The number of nitrogens with zero attached hydrogens (tertiary/aromatic N) is 2. The predicted molar refractivity (Wildman–Crippen MR) is 112 cm³/mol. The number of piperazine rings is 1. The molecule has 0 saturated carbocycles. The van der Waals surface area contributed by atoms with Crippen LogP contribution in [0.5, 0.6) is 5.75 Å². The summed E-state index contributed by atoms with van der Waals surface area (Å²) in [6.45, 7) is 10.3. The van der Waals surface area contributed by atoms with Gasteiger partial charge in [-0.05, 0) is 63.2 Å². The van der Waals surface area contributed by atoms with Crippen LogP contribution in [0.15, 0.2) is 42.5 Å². The van der Waals surface area contributed by atoms with Crippen LogP contribution in [0.4, 0.5) is 5.69 Å². The molecular formula is C23H28N2O3. The highest BCUT2D eigenvalue weighted by Crippen LogP contribution is 2.24. The van der Waals surface area contributed by atoms with Gasteiger partial charge in [0.1, 0.15) is 5.75 Å². The Kier molecular flexibility index (Phi) is 6.47. The van der Waals surface area contributed by atoms with E-state index in [0.717, 1.165) is 60.9 Å².